The lowest BCUT2D eigenvalue weighted by molar-refractivity contribution is -0.124. The van der Waals surface area contributed by atoms with Gasteiger partial charge in [-0.25, -0.2) is 9.78 Å². The van der Waals surface area contributed by atoms with Crippen molar-refractivity contribution in [3.8, 4) is 0 Å². The highest BCUT2D eigenvalue weighted by molar-refractivity contribution is 6.29. The zero-order valence-corrected chi connectivity index (χ0v) is 13.8. The molecule has 2 fully saturated rings. The van der Waals surface area contributed by atoms with Gasteiger partial charge < -0.3 is 14.7 Å². The molecule has 1 aromatic heterocycles. The van der Waals surface area contributed by atoms with Crippen LogP contribution in [0.15, 0.2) is 18.3 Å². The summed E-state index contributed by atoms with van der Waals surface area (Å²) in [4.78, 5) is 17.9. The van der Waals surface area contributed by atoms with Crippen molar-refractivity contribution in [2.45, 2.75) is 38.4 Å². The molecule has 22 heavy (non-hydrogen) atoms. The Morgan fingerprint density at radius 1 is 1.45 bits per heavy atom. The number of hydrogen-bond acceptors (Lipinski definition) is 4. The molecule has 3 atom stereocenters. The van der Waals surface area contributed by atoms with E-state index in [1.165, 1.54) is 0 Å². The molecule has 1 saturated carbocycles. The van der Waals surface area contributed by atoms with E-state index in [0.717, 1.165) is 5.56 Å². The number of pyridine rings is 1. The Morgan fingerprint density at radius 3 is 2.77 bits per heavy atom. The van der Waals surface area contributed by atoms with Gasteiger partial charge in [-0.2, -0.15) is 0 Å². The van der Waals surface area contributed by atoms with Crippen LogP contribution < -0.4 is 0 Å². The normalized spacial score (nSPS) is 30.7. The van der Waals surface area contributed by atoms with Gasteiger partial charge >= 0.3 is 6.09 Å². The van der Waals surface area contributed by atoms with Gasteiger partial charge in [-0.3, -0.25) is 0 Å². The van der Waals surface area contributed by atoms with Gasteiger partial charge in [0.05, 0.1) is 5.60 Å². The molecule has 1 aliphatic heterocycles. The van der Waals surface area contributed by atoms with Crippen molar-refractivity contribution in [3.63, 3.8) is 0 Å². The third-order valence-electron chi connectivity index (χ3n) is 4.51. The number of aromatic nitrogens is 1. The minimum absolute atomic E-state index is 0.0305. The molecule has 1 unspecified atom stereocenters. The van der Waals surface area contributed by atoms with E-state index >= 15 is 0 Å². The number of nitrogens with zero attached hydrogens (tertiary/aromatic N) is 2. The van der Waals surface area contributed by atoms with Crippen molar-refractivity contribution in [1.82, 2.24) is 9.88 Å². The molecule has 1 aliphatic carbocycles. The van der Waals surface area contributed by atoms with Gasteiger partial charge in [0.2, 0.25) is 0 Å². The van der Waals surface area contributed by atoms with Crippen LogP contribution in [0.2, 0.25) is 5.15 Å². The Balaban J connectivity index is 1.70. The van der Waals surface area contributed by atoms with Gasteiger partial charge in [-0.1, -0.05) is 17.7 Å². The molecule has 2 heterocycles. The summed E-state index contributed by atoms with van der Waals surface area (Å²) in [5, 5.41) is 11.3. The fraction of sp³-hybridized carbons (Fsp3) is 0.625. The fourth-order valence-electron chi connectivity index (χ4n) is 3.45. The summed E-state index contributed by atoms with van der Waals surface area (Å²) in [6.45, 7) is 6.71. The molecule has 120 valence electrons. The summed E-state index contributed by atoms with van der Waals surface area (Å²) in [7, 11) is 0. The first-order valence-corrected chi connectivity index (χ1v) is 7.89. The predicted molar refractivity (Wildman–Crippen MR) is 82.5 cm³/mol. The highest BCUT2D eigenvalue weighted by Crippen LogP contribution is 2.54. The van der Waals surface area contributed by atoms with Crippen LogP contribution in [0.3, 0.4) is 0 Å². The first-order chi connectivity index (χ1) is 10.2. The van der Waals surface area contributed by atoms with Gasteiger partial charge in [0.25, 0.3) is 0 Å². The van der Waals surface area contributed by atoms with Gasteiger partial charge in [0.1, 0.15) is 10.8 Å². The van der Waals surface area contributed by atoms with Gasteiger partial charge in [0, 0.05) is 30.8 Å². The molecular formula is C16H21ClN2O3. The zero-order valence-electron chi connectivity index (χ0n) is 13.0. The molecule has 1 aromatic rings. The van der Waals surface area contributed by atoms with Crippen molar-refractivity contribution in [1.29, 1.82) is 0 Å². The van der Waals surface area contributed by atoms with Crippen LogP contribution >= 0.6 is 11.6 Å². The number of hydrogen-bond donors (Lipinski definition) is 1. The summed E-state index contributed by atoms with van der Waals surface area (Å²) < 4.78 is 5.41. The molecule has 2 aliphatic rings. The monoisotopic (exact) mass is 324 g/mol. The van der Waals surface area contributed by atoms with E-state index in [9.17, 15) is 9.90 Å². The lowest BCUT2D eigenvalue weighted by atomic mass is 9.60. The van der Waals surface area contributed by atoms with Crippen molar-refractivity contribution >= 4 is 17.7 Å². The maximum atomic E-state index is 12.2. The van der Waals surface area contributed by atoms with Gasteiger partial charge in [-0.15, -0.1) is 0 Å². The lowest BCUT2D eigenvalue weighted by Gasteiger charge is -2.47. The van der Waals surface area contributed by atoms with Crippen LogP contribution in [0.25, 0.3) is 0 Å². The zero-order chi connectivity index (χ0) is 16.1. The van der Waals surface area contributed by atoms with Crippen LogP contribution in [0.5, 0.6) is 0 Å². The predicted octanol–water partition coefficient (Wildman–Crippen LogP) is 2.81. The van der Waals surface area contributed by atoms with Crippen LogP contribution in [0.1, 0.15) is 32.8 Å². The number of likely N-dealkylation sites (tertiary alicyclic amines) is 1. The largest absolute Gasteiger partial charge is 0.444 e. The van der Waals surface area contributed by atoms with Crippen molar-refractivity contribution in [3.05, 3.63) is 29.0 Å². The summed E-state index contributed by atoms with van der Waals surface area (Å²) in [5.74, 6) is 0.344. The first kappa shape index (κ1) is 15.6. The summed E-state index contributed by atoms with van der Waals surface area (Å²) >= 11 is 5.80. The van der Waals surface area contributed by atoms with E-state index in [0.29, 0.717) is 30.6 Å². The molecule has 3 rings (SSSR count). The van der Waals surface area contributed by atoms with E-state index in [1.807, 2.05) is 26.8 Å². The molecule has 5 nitrogen and oxygen atoms in total. The molecule has 0 bridgehead atoms. The summed E-state index contributed by atoms with van der Waals surface area (Å²) in [6.07, 6.45) is 1.95. The third kappa shape index (κ3) is 2.68. The second-order valence-corrected chi connectivity index (χ2v) is 7.64. The molecule has 1 saturated heterocycles. The van der Waals surface area contributed by atoms with Gasteiger partial charge in [-0.05, 0) is 39.2 Å². The Kier molecular flexibility index (Phi) is 3.61. The van der Waals surface area contributed by atoms with Crippen molar-refractivity contribution in [2.24, 2.45) is 11.8 Å². The maximum absolute atomic E-state index is 12.2. The molecule has 6 heteroatoms. The average molecular weight is 325 g/mol. The maximum Gasteiger partial charge on any atom is 0.410 e. The van der Waals surface area contributed by atoms with E-state index < -0.39 is 11.2 Å². The van der Waals surface area contributed by atoms with Crippen LogP contribution in [-0.4, -0.2) is 39.8 Å². The summed E-state index contributed by atoms with van der Waals surface area (Å²) in [5.41, 5.74) is -0.655. The molecular weight excluding hydrogens is 304 g/mol. The number of carbonyl (C=O) groups excluding carboxylic acids is 1. The Labute approximate surface area is 135 Å². The topological polar surface area (TPSA) is 62.7 Å². The highest BCUT2D eigenvalue weighted by Gasteiger charge is 2.58. The van der Waals surface area contributed by atoms with Crippen LogP contribution in [0, 0.1) is 11.8 Å². The van der Waals surface area contributed by atoms with E-state index in [-0.39, 0.29) is 12.0 Å². The fourth-order valence-corrected chi connectivity index (χ4v) is 3.56. The number of ether oxygens (including phenoxy) is 1. The second kappa shape index (κ2) is 5.10. The van der Waals surface area contributed by atoms with E-state index in [4.69, 9.17) is 16.3 Å². The van der Waals surface area contributed by atoms with E-state index in [2.05, 4.69) is 4.98 Å². The van der Waals surface area contributed by atoms with Crippen LogP contribution in [0.4, 0.5) is 4.79 Å². The summed E-state index contributed by atoms with van der Waals surface area (Å²) in [6, 6.07) is 3.49. The van der Waals surface area contributed by atoms with E-state index in [1.54, 1.807) is 17.2 Å². The minimum atomic E-state index is -0.918. The highest BCUT2D eigenvalue weighted by atomic mass is 35.5. The number of rotatable bonds is 1. The first-order valence-electron chi connectivity index (χ1n) is 7.51. The minimum Gasteiger partial charge on any atom is -0.444 e. The molecule has 1 amide bonds. The number of fused-ring (bicyclic) bond motifs is 1. The average Bonchev–Trinajstić information content (AvgIpc) is 2.76. The van der Waals surface area contributed by atoms with Crippen molar-refractivity contribution < 1.29 is 14.6 Å². The Hall–Kier alpha value is -1.33. The smallest absolute Gasteiger partial charge is 0.410 e. The van der Waals surface area contributed by atoms with Crippen LogP contribution in [-0.2, 0) is 10.3 Å². The molecule has 0 aromatic carbocycles. The Bertz CT molecular complexity index is 584. The molecule has 1 N–H and O–H groups in total. The lowest BCUT2D eigenvalue weighted by Crippen LogP contribution is -2.51. The Morgan fingerprint density at radius 2 is 2.18 bits per heavy atom. The third-order valence-corrected chi connectivity index (χ3v) is 4.73. The second-order valence-electron chi connectivity index (χ2n) is 7.25. The number of halogens is 1. The number of carbonyl (C=O) groups is 1. The van der Waals surface area contributed by atoms with Gasteiger partial charge in [0.15, 0.2) is 0 Å². The molecule has 0 spiro atoms. The quantitative estimate of drug-likeness (QED) is 0.807. The molecule has 0 radical (unpaired) electrons. The SMILES string of the molecule is CC(C)(C)OC(=O)N1C[C@@H]2CC(O)(c3ccc(Cl)nc3)[C@@H]2C1. The number of aliphatic hydroxyl groups is 1. The standard InChI is InChI=1S/C16H21ClN2O3/c1-15(2,3)22-14(20)19-8-10-6-16(21,12(10)9-19)11-4-5-13(17)18-7-11/h4-5,7,10,12,21H,6,8-9H2,1-3H3/t10-,12+,16?/m0/s1. The number of amides is 1. The van der Waals surface area contributed by atoms with Crippen molar-refractivity contribution in [2.75, 3.05) is 13.1 Å².